The smallest absolute Gasteiger partial charge is 0.258 e. The Morgan fingerprint density at radius 3 is 2.70 bits per heavy atom. The molecule has 0 fully saturated rings. The molecule has 0 aromatic heterocycles. The average Bonchev–Trinajstić information content (AvgIpc) is 2.59. The van der Waals surface area contributed by atoms with E-state index in [0.717, 1.165) is 30.5 Å². The van der Waals surface area contributed by atoms with Crippen molar-refractivity contribution in [3.05, 3.63) is 77.9 Å². The predicted molar refractivity (Wildman–Crippen MR) is 92.5 cm³/mol. The fourth-order valence-corrected chi connectivity index (χ4v) is 3.88. The molecule has 1 heterocycles. The van der Waals surface area contributed by atoms with E-state index in [2.05, 4.69) is 36.2 Å². The fourth-order valence-electron chi connectivity index (χ4n) is 3.88. The first-order chi connectivity index (χ1) is 11.2. The monoisotopic (exact) mass is 304 g/mol. The van der Waals surface area contributed by atoms with Crippen LogP contribution in [0.1, 0.15) is 27.9 Å². The molecular weight excluding hydrogens is 284 g/mol. The maximum absolute atomic E-state index is 13.0. The van der Waals surface area contributed by atoms with Crippen LogP contribution in [0.25, 0.3) is 0 Å². The summed E-state index contributed by atoms with van der Waals surface area (Å²) < 4.78 is 0. The van der Waals surface area contributed by atoms with E-state index in [1.165, 1.54) is 11.1 Å². The Balaban J connectivity index is 1.81. The standard InChI is InChI=1S/C20H20N2O/c1-2-13-22-19(23)17-9-5-6-10-18(17)21-20(22)12-11-15-7-3-4-8-16(15)14-20/h2-10,21H,1,11-14H2. The van der Waals surface area contributed by atoms with Crippen molar-refractivity contribution >= 4 is 11.6 Å². The molecule has 2 aliphatic rings. The quantitative estimate of drug-likeness (QED) is 0.859. The maximum atomic E-state index is 13.0. The van der Waals surface area contributed by atoms with Crippen LogP contribution < -0.4 is 5.32 Å². The number of hydrogen-bond donors (Lipinski definition) is 1. The molecule has 1 aliphatic heterocycles. The first kappa shape index (κ1) is 14.1. The number of carbonyl (C=O) groups excluding carboxylic acids is 1. The Morgan fingerprint density at radius 1 is 1.13 bits per heavy atom. The van der Waals surface area contributed by atoms with Crippen LogP contribution in [0, 0.1) is 0 Å². The van der Waals surface area contributed by atoms with Crippen LogP contribution in [0.5, 0.6) is 0 Å². The van der Waals surface area contributed by atoms with Gasteiger partial charge < -0.3 is 10.2 Å². The van der Waals surface area contributed by atoms with Crippen LogP contribution in [0.4, 0.5) is 5.69 Å². The predicted octanol–water partition coefficient (Wildman–Crippen LogP) is 3.63. The highest BCUT2D eigenvalue weighted by Crippen LogP contribution is 2.39. The van der Waals surface area contributed by atoms with Gasteiger partial charge in [0.25, 0.3) is 5.91 Å². The Labute approximate surface area is 136 Å². The van der Waals surface area contributed by atoms with Crippen LogP contribution >= 0.6 is 0 Å². The zero-order valence-corrected chi connectivity index (χ0v) is 13.1. The lowest BCUT2D eigenvalue weighted by Gasteiger charge is -2.50. The lowest BCUT2D eigenvalue weighted by Crippen LogP contribution is -2.62. The number of benzene rings is 2. The molecule has 2 aromatic carbocycles. The summed E-state index contributed by atoms with van der Waals surface area (Å²) in [6.45, 7) is 4.40. The molecular formula is C20H20N2O. The zero-order valence-electron chi connectivity index (χ0n) is 13.1. The second-order valence-corrected chi connectivity index (χ2v) is 6.35. The van der Waals surface area contributed by atoms with Crippen molar-refractivity contribution in [3.8, 4) is 0 Å². The molecule has 0 radical (unpaired) electrons. The summed E-state index contributed by atoms with van der Waals surface area (Å²) >= 11 is 0. The molecule has 0 bridgehead atoms. The minimum absolute atomic E-state index is 0.0960. The largest absolute Gasteiger partial charge is 0.362 e. The summed E-state index contributed by atoms with van der Waals surface area (Å²) in [4.78, 5) is 15.0. The average molecular weight is 304 g/mol. The number of nitrogens with one attached hydrogen (secondary N) is 1. The maximum Gasteiger partial charge on any atom is 0.258 e. The van der Waals surface area contributed by atoms with Crippen molar-refractivity contribution in [2.24, 2.45) is 0 Å². The molecule has 3 nitrogen and oxygen atoms in total. The van der Waals surface area contributed by atoms with Gasteiger partial charge in [-0.15, -0.1) is 6.58 Å². The first-order valence-corrected chi connectivity index (χ1v) is 8.10. The Hall–Kier alpha value is -2.55. The molecule has 23 heavy (non-hydrogen) atoms. The number of hydrogen-bond acceptors (Lipinski definition) is 2. The minimum atomic E-state index is -0.353. The van der Waals surface area contributed by atoms with Gasteiger partial charge in [0.05, 0.1) is 5.56 Å². The van der Waals surface area contributed by atoms with E-state index in [9.17, 15) is 4.79 Å². The highest BCUT2D eigenvalue weighted by atomic mass is 16.2. The molecule has 1 amide bonds. The summed E-state index contributed by atoms with van der Waals surface area (Å²) in [5.74, 6) is 0.0960. The fraction of sp³-hybridized carbons (Fsp3) is 0.250. The van der Waals surface area contributed by atoms with Crippen molar-refractivity contribution in [1.82, 2.24) is 4.90 Å². The van der Waals surface area contributed by atoms with Crippen molar-refractivity contribution in [2.45, 2.75) is 24.9 Å². The number of anilines is 1. The van der Waals surface area contributed by atoms with Crippen molar-refractivity contribution in [2.75, 3.05) is 11.9 Å². The third kappa shape index (κ3) is 2.15. The molecule has 2 aromatic rings. The van der Waals surface area contributed by atoms with E-state index in [4.69, 9.17) is 0 Å². The molecule has 1 atom stereocenters. The van der Waals surface area contributed by atoms with E-state index in [-0.39, 0.29) is 11.6 Å². The molecule has 4 rings (SSSR count). The molecule has 0 saturated heterocycles. The van der Waals surface area contributed by atoms with Gasteiger partial charge in [0.15, 0.2) is 0 Å². The summed E-state index contributed by atoms with van der Waals surface area (Å²) in [6, 6.07) is 16.3. The van der Waals surface area contributed by atoms with Crippen molar-refractivity contribution < 1.29 is 4.79 Å². The number of carbonyl (C=O) groups is 1. The Bertz CT molecular complexity index is 783. The SMILES string of the molecule is C=CCN1C(=O)c2ccccc2NC12CCc1ccccc1C2. The Kier molecular flexibility index (Phi) is 3.22. The van der Waals surface area contributed by atoms with Crippen LogP contribution in [-0.2, 0) is 12.8 Å². The molecule has 1 N–H and O–H groups in total. The molecule has 1 unspecified atom stereocenters. The highest BCUT2D eigenvalue weighted by Gasteiger charge is 2.45. The van der Waals surface area contributed by atoms with Gasteiger partial charge >= 0.3 is 0 Å². The molecule has 1 aliphatic carbocycles. The lowest BCUT2D eigenvalue weighted by atomic mass is 9.80. The number of para-hydroxylation sites is 1. The van der Waals surface area contributed by atoms with Gasteiger partial charge in [0.1, 0.15) is 5.66 Å². The van der Waals surface area contributed by atoms with Crippen LogP contribution in [0.15, 0.2) is 61.2 Å². The molecule has 0 saturated carbocycles. The third-order valence-corrected chi connectivity index (χ3v) is 5.01. The highest BCUT2D eigenvalue weighted by molar-refractivity contribution is 6.02. The van der Waals surface area contributed by atoms with E-state index < -0.39 is 0 Å². The van der Waals surface area contributed by atoms with Crippen LogP contribution in [-0.4, -0.2) is 23.0 Å². The van der Waals surface area contributed by atoms with Gasteiger partial charge in [-0.2, -0.15) is 0 Å². The number of rotatable bonds is 2. The number of nitrogens with zero attached hydrogens (tertiary/aromatic N) is 1. The number of amides is 1. The second-order valence-electron chi connectivity index (χ2n) is 6.35. The topological polar surface area (TPSA) is 32.3 Å². The van der Waals surface area contributed by atoms with Gasteiger partial charge in [-0.1, -0.05) is 42.5 Å². The minimum Gasteiger partial charge on any atom is -0.362 e. The van der Waals surface area contributed by atoms with E-state index in [1.54, 1.807) is 0 Å². The van der Waals surface area contributed by atoms with Crippen molar-refractivity contribution in [1.29, 1.82) is 0 Å². The summed E-state index contributed by atoms with van der Waals surface area (Å²) in [5, 5.41) is 3.68. The number of fused-ring (bicyclic) bond motifs is 2. The second kappa shape index (κ2) is 5.27. The number of aryl methyl sites for hydroxylation is 1. The lowest BCUT2D eigenvalue weighted by molar-refractivity contribution is 0.0509. The first-order valence-electron chi connectivity index (χ1n) is 8.10. The molecule has 1 spiro atoms. The van der Waals surface area contributed by atoms with Crippen molar-refractivity contribution in [3.63, 3.8) is 0 Å². The van der Waals surface area contributed by atoms with E-state index >= 15 is 0 Å². The van der Waals surface area contributed by atoms with Gasteiger partial charge in [-0.25, -0.2) is 0 Å². The zero-order chi connectivity index (χ0) is 15.9. The molecule has 3 heteroatoms. The Morgan fingerprint density at radius 2 is 1.87 bits per heavy atom. The van der Waals surface area contributed by atoms with Crippen LogP contribution in [0.3, 0.4) is 0 Å². The summed E-state index contributed by atoms with van der Waals surface area (Å²) in [5.41, 5.74) is 4.06. The van der Waals surface area contributed by atoms with Gasteiger partial charge in [-0.3, -0.25) is 4.79 Å². The summed E-state index contributed by atoms with van der Waals surface area (Å²) in [7, 11) is 0. The third-order valence-electron chi connectivity index (χ3n) is 5.01. The van der Waals surface area contributed by atoms with E-state index in [0.29, 0.717) is 6.54 Å². The van der Waals surface area contributed by atoms with Crippen LogP contribution in [0.2, 0.25) is 0 Å². The summed E-state index contributed by atoms with van der Waals surface area (Å²) in [6.07, 6.45) is 4.54. The van der Waals surface area contributed by atoms with E-state index in [1.807, 2.05) is 35.2 Å². The van der Waals surface area contributed by atoms with Gasteiger partial charge in [0, 0.05) is 18.7 Å². The normalized spacial score (nSPS) is 22.3. The van der Waals surface area contributed by atoms with Gasteiger partial charge in [-0.05, 0) is 36.1 Å². The van der Waals surface area contributed by atoms with Gasteiger partial charge in [0.2, 0.25) is 0 Å². The molecule has 116 valence electrons.